The maximum absolute atomic E-state index is 12.7. The molecule has 552 valence electrons. The van der Waals surface area contributed by atoms with Crippen LogP contribution >= 0.6 is 138 Å². The second-order valence-corrected chi connectivity index (χ2v) is 30.1. The van der Waals surface area contributed by atoms with E-state index < -0.39 is 5.97 Å². The number of aromatic amines is 1. The summed E-state index contributed by atoms with van der Waals surface area (Å²) in [6.45, 7) is 13.2. The molecule has 16 nitrogen and oxygen atoms in total. The summed E-state index contributed by atoms with van der Waals surface area (Å²) in [5.74, 6) is -1.19. The van der Waals surface area contributed by atoms with Gasteiger partial charge in [0.15, 0.2) is 5.43 Å². The Kier molecular flexibility index (Phi) is 31.6. The highest BCUT2D eigenvalue weighted by Crippen LogP contribution is 2.38. The number of fused-ring (bicyclic) bond motifs is 10. The second kappa shape index (κ2) is 39.7. The van der Waals surface area contributed by atoms with E-state index in [-0.39, 0.29) is 55.5 Å². The molecule has 1 amide bonds. The fourth-order valence-corrected chi connectivity index (χ4v) is 15.7. The molecule has 0 saturated carbocycles. The molecule has 0 aliphatic carbocycles. The van der Waals surface area contributed by atoms with Gasteiger partial charge in [-0.1, -0.05) is 143 Å². The van der Waals surface area contributed by atoms with Crippen LogP contribution in [-0.4, -0.2) is 103 Å². The maximum Gasteiger partial charge on any atom is 0.340 e. The topological polar surface area (TPSA) is 207 Å². The van der Waals surface area contributed by atoms with Crippen molar-refractivity contribution in [1.82, 2.24) is 35.5 Å². The molecule has 0 radical (unpaired) electrons. The number of likely N-dealkylation sites (N-methyl/N-ethyl adjacent to an activating group) is 1. The average molecular weight is 2030 g/mol. The summed E-state index contributed by atoms with van der Waals surface area (Å²) in [5.41, 5.74) is 14.4. The number of rotatable bonds is 13. The van der Waals surface area contributed by atoms with E-state index in [4.69, 9.17) is 24.2 Å². The van der Waals surface area contributed by atoms with Crippen molar-refractivity contribution in [2.75, 3.05) is 59.4 Å². The van der Waals surface area contributed by atoms with E-state index in [1.54, 1.807) is 36.4 Å². The van der Waals surface area contributed by atoms with Gasteiger partial charge in [-0.3, -0.25) is 9.59 Å². The Morgan fingerprint density at radius 2 is 0.869 bits per heavy atom. The number of ether oxygens (including phenoxy) is 3. The van der Waals surface area contributed by atoms with E-state index >= 15 is 0 Å². The Morgan fingerprint density at radius 1 is 0.467 bits per heavy atom. The van der Waals surface area contributed by atoms with Crippen LogP contribution in [0.25, 0.3) is 87.2 Å². The summed E-state index contributed by atoms with van der Waals surface area (Å²) in [7, 11) is 4.11. The maximum atomic E-state index is 12.7. The van der Waals surface area contributed by atoms with Crippen LogP contribution < -0.4 is 21.4 Å². The molecule has 5 heterocycles. The van der Waals surface area contributed by atoms with Gasteiger partial charge in [-0.25, -0.2) is 29.3 Å². The van der Waals surface area contributed by atoms with Crippen LogP contribution in [0.3, 0.4) is 0 Å². The number of esters is 3. The smallest absolute Gasteiger partial charge is 0.340 e. The summed E-state index contributed by atoms with van der Waals surface area (Å²) in [6, 6.07) is 65.5. The number of methoxy groups -OCH3 is 3. The van der Waals surface area contributed by atoms with Gasteiger partial charge >= 0.3 is 17.9 Å². The minimum Gasteiger partial charge on any atom is -0.465 e. The fraction of sp³-hybridized carbons (Fsp3) is 0.190. The van der Waals surface area contributed by atoms with Gasteiger partial charge in [-0.15, -0.1) is 24.8 Å². The number of benzene rings is 10. The lowest BCUT2D eigenvalue weighted by atomic mass is 9.95. The third-order valence-electron chi connectivity index (χ3n) is 17.8. The number of aromatic nitrogens is 4. The van der Waals surface area contributed by atoms with Crippen molar-refractivity contribution in [3.63, 3.8) is 0 Å². The van der Waals surface area contributed by atoms with Crippen LogP contribution in [-0.2, 0) is 20.6 Å². The highest BCUT2D eigenvalue weighted by Gasteiger charge is 2.23. The number of hydrogen-bond acceptors (Lipinski definition) is 14. The zero-order chi connectivity index (χ0) is 73.7. The quantitative estimate of drug-likeness (QED) is 0.0367. The summed E-state index contributed by atoms with van der Waals surface area (Å²) in [5, 5.41) is 17.6. The Bertz CT molecular complexity index is 5670. The van der Waals surface area contributed by atoms with Gasteiger partial charge in [0.05, 0.1) is 99.1 Å². The highest BCUT2D eigenvalue weighted by atomic mass is 127. The molecule has 107 heavy (non-hydrogen) atoms. The molecule has 0 bridgehead atoms. The Hall–Kier alpha value is -7.49. The van der Waals surface area contributed by atoms with E-state index in [1.807, 2.05) is 91.0 Å². The van der Waals surface area contributed by atoms with Gasteiger partial charge in [0.25, 0.3) is 5.91 Å². The molecule has 10 aromatic carbocycles. The summed E-state index contributed by atoms with van der Waals surface area (Å²) < 4.78 is 19.9. The zero-order valence-electron chi connectivity index (χ0n) is 58.8. The number of carbonyl (C=O) groups is 4. The minimum absolute atomic E-state index is 0. The van der Waals surface area contributed by atoms with Crippen LogP contribution in [0.2, 0.25) is 0 Å². The van der Waals surface area contributed by atoms with E-state index in [2.05, 4.69) is 244 Å². The Morgan fingerprint density at radius 3 is 1.42 bits per heavy atom. The molecule has 4 N–H and O–H groups in total. The molecule has 0 fully saturated rings. The van der Waals surface area contributed by atoms with Crippen molar-refractivity contribution in [1.29, 1.82) is 0 Å². The molecule has 0 saturated heterocycles. The third kappa shape index (κ3) is 19.6. The van der Waals surface area contributed by atoms with Gasteiger partial charge < -0.3 is 40.0 Å². The molecule has 4 aromatic heterocycles. The number of hydrogen-bond donors (Lipinski definition) is 4. The summed E-state index contributed by atoms with van der Waals surface area (Å²) in [4.78, 5) is 80.5. The molecule has 1 atom stereocenters. The average Bonchev–Trinajstić information content (AvgIpc) is 0.814. The van der Waals surface area contributed by atoms with Gasteiger partial charge in [0.1, 0.15) is 0 Å². The van der Waals surface area contributed by atoms with Crippen molar-refractivity contribution in [2.45, 2.75) is 54.0 Å². The first kappa shape index (κ1) is 85.1. The van der Waals surface area contributed by atoms with Crippen LogP contribution in [0, 0.1) is 17.9 Å². The SMILES string of the molecule is C.CCCNC(C)c1cccc2cc3cccc(I)c3nc12.CCN(CC)CCNC(=O)c1cccc2cc3cccc(I)c3nc12.COC(=O)c1cccc2c(=O)c3cccc(I)c3[nH]c12.COC(=O)c1cccc2c1Nc1c(I)cccc1C2.COC(=O)c1cccc2cc3cccc(I)c3nc12.Cl.Cl. The van der Waals surface area contributed by atoms with Gasteiger partial charge in [0, 0.05) is 86.5 Å². The van der Waals surface area contributed by atoms with Gasteiger partial charge in [0.2, 0.25) is 0 Å². The van der Waals surface area contributed by atoms with E-state index in [0.717, 1.165) is 125 Å². The standard InChI is InChI=1S/C20H22IN3O.C18H19IN2.C15H10INO3.C15H12INO2.C15H10INO2.CH4.2ClH/c1-3-24(4-2)12-11-22-20(25)16-9-5-7-14-13-15-8-6-10-17(21)19(15)23-18(14)16;1-3-10-20-12(2)15-8-4-6-13-11-14-7-5-9-16(19)18(14)21-17(13)15;1-20-15(19)10-6-2-4-8-12(10)17-13-9(14(8)18)5-3-7-11(13)16;2*1-19-15(18)11-6-2-4-9-8-10-5-3-7-12(16)14(10)17-13(9)11;;;/h5-10,13H,3-4,11-12H2,1-2H3,(H,22,25);4-9,11-12,20H,3,10H2,1-2H3;2-7H,1H3,(H,17,18);2-7,17H,8H2,1H3;2-8H,1H3;1H4;2*1H. The number of nitrogens with one attached hydrogen (secondary N) is 4. The number of anilines is 2. The number of nitrogens with zero attached hydrogens (tertiary/aromatic N) is 4. The monoisotopic (exact) mass is 2030 g/mol. The number of pyridine rings is 4. The first-order valence-electron chi connectivity index (χ1n) is 33.7. The normalized spacial score (nSPS) is 11.3. The molecule has 1 unspecified atom stereocenters. The third-order valence-corrected chi connectivity index (χ3v) is 22.2. The summed E-state index contributed by atoms with van der Waals surface area (Å²) >= 11 is 11.4. The lowest BCUT2D eigenvalue weighted by Gasteiger charge is -2.24. The number of amides is 1. The first-order valence-corrected chi connectivity index (χ1v) is 39.1. The van der Waals surface area contributed by atoms with Gasteiger partial charge in [-0.2, -0.15) is 0 Å². The van der Waals surface area contributed by atoms with Crippen molar-refractivity contribution in [2.24, 2.45) is 0 Å². The molecular weight excluding hydrogens is 1950 g/mol. The minimum atomic E-state index is -0.462. The van der Waals surface area contributed by atoms with Crippen molar-refractivity contribution in [3.8, 4) is 0 Å². The second-order valence-electron chi connectivity index (χ2n) is 24.3. The molecule has 0 spiro atoms. The predicted octanol–water partition coefficient (Wildman–Crippen LogP) is 21.2. The lowest BCUT2D eigenvalue weighted by molar-refractivity contribution is 0.0593. The number of halogens is 7. The van der Waals surface area contributed by atoms with Crippen molar-refractivity contribution < 1.29 is 33.4 Å². The van der Waals surface area contributed by atoms with Gasteiger partial charge in [-0.05, 0) is 248 Å². The molecule has 15 rings (SSSR count). The van der Waals surface area contributed by atoms with E-state index in [1.165, 1.54) is 46.8 Å². The number of para-hydroxylation sites is 10. The van der Waals surface area contributed by atoms with Crippen LogP contribution in [0.1, 0.15) is 106 Å². The highest BCUT2D eigenvalue weighted by molar-refractivity contribution is 14.1. The fourth-order valence-electron chi connectivity index (χ4n) is 12.4. The van der Waals surface area contributed by atoms with Crippen LogP contribution in [0.4, 0.5) is 11.4 Å². The number of H-pyrrole nitrogens is 1. The van der Waals surface area contributed by atoms with Crippen molar-refractivity contribution >= 4 is 260 Å². The summed E-state index contributed by atoms with van der Waals surface area (Å²) in [6.07, 6.45) is 1.97. The van der Waals surface area contributed by atoms with Crippen LogP contribution in [0.15, 0.2) is 205 Å². The number of carbonyl (C=O) groups excluding carboxylic acids is 4. The van der Waals surface area contributed by atoms with Crippen molar-refractivity contribution in [3.05, 3.63) is 267 Å². The lowest BCUT2D eigenvalue weighted by Crippen LogP contribution is -2.34. The van der Waals surface area contributed by atoms with Crippen LogP contribution in [0.5, 0.6) is 0 Å². The van der Waals surface area contributed by atoms with E-state index in [0.29, 0.717) is 56.6 Å². The zero-order valence-corrected chi connectivity index (χ0v) is 71.3. The molecule has 14 aromatic rings. The predicted molar refractivity (Wildman–Crippen MR) is 484 cm³/mol. The Labute approximate surface area is 702 Å². The first-order chi connectivity index (χ1) is 50.4. The Balaban J connectivity index is 0.000000168. The molecule has 23 heteroatoms. The molecule has 1 aliphatic heterocycles. The molecular formula is C84H79Cl2I5N8O8. The van der Waals surface area contributed by atoms with E-state index in [9.17, 15) is 24.0 Å². The molecule has 1 aliphatic rings. The largest absolute Gasteiger partial charge is 0.465 e.